The van der Waals surface area contributed by atoms with E-state index in [1.54, 1.807) is 0 Å². The third kappa shape index (κ3) is 2.92. The first kappa shape index (κ1) is 14.7. The van der Waals surface area contributed by atoms with E-state index in [4.69, 9.17) is 14.9 Å². The van der Waals surface area contributed by atoms with Gasteiger partial charge in [-0.25, -0.2) is 0 Å². The third-order valence-electron chi connectivity index (χ3n) is 2.85. The van der Waals surface area contributed by atoms with Gasteiger partial charge in [0.2, 0.25) is 0 Å². The third-order valence-corrected chi connectivity index (χ3v) is 2.85. The first-order valence-electron chi connectivity index (χ1n) is 5.21. The highest BCUT2D eigenvalue weighted by molar-refractivity contribution is 4.96. The van der Waals surface area contributed by atoms with Gasteiger partial charge in [0.1, 0.15) is 42.7 Å². The molecule has 0 spiro atoms. The van der Waals surface area contributed by atoms with Gasteiger partial charge in [0.15, 0.2) is 0 Å². The second kappa shape index (κ2) is 6.03. The number of hydrogen-bond acceptors (Lipinski definition) is 8. The lowest BCUT2D eigenvalue weighted by Gasteiger charge is -2.42. The molecule has 0 aromatic heterocycles. The van der Waals surface area contributed by atoms with E-state index in [1.165, 1.54) is 0 Å². The first-order valence-corrected chi connectivity index (χ1v) is 5.21. The Morgan fingerprint density at radius 3 is 2.00 bits per heavy atom. The van der Waals surface area contributed by atoms with E-state index < -0.39 is 55.9 Å². The zero-order chi connectivity index (χ0) is 13.2. The van der Waals surface area contributed by atoms with Crippen molar-refractivity contribution in [2.75, 3.05) is 13.2 Å². The fraction of sp³-hybridized carbons (Fsp3) is 1.00. The minimum Gasteiger partial charge on any atom is -0.394 e. The van der Waals surface area contributed by atoms with Gasteiger partial charge in [-0.05, 0) is 0 Å². The molecule has 7 atom stereocenters. The van der Waals surface area contributed by atoms with Crippen LogP contribution in [0.4, 0.5) is 0 Å². The van der Waals surface area contributed by atoms with Crippen LogP contribution in [0.3, 0.4) is 0 Å². The van der Waals surface area contributed by atoms with E-state index in [0.717, 1.165) is 0 Å². The standard InChI is InChI=1S/C9H18O8/c10-1-3(12)5(13)9-8(16)7(15)6(14)4(2-11)17-9/h3-16H,1-2H2/t3?,4-,5?,6+,7+,8-,9+/m1/s1. The Morgan fingerprint density at radius 2 is 1.53 bits per heavy atom. The van der Waals surface area contributed by atoms with Gasteiger partial charge in [0, 0.05) is 0 Å². The van der Waals surface area contributed by atoms with Crippen molar-refractivity contribution in [2.24, 2.45) is 0 Å². The van der Waals surface area contributed by atoms with Gasteiger partial charge in [-0.2, -0.15) is 0 Å². The van der Waals surface area contributed by atoms with E-state index in [1.807, 2.05) is 0 Å². The molecule has 1 heterocycles. The van der Waals surface area contributed by atoms with Gasteiger partial charge < -0.3 is 40.5 Å². The number of aliphatic hydroxyl groups is 7. The molecule has 7 N–H and O–H groups in total. The molecule has 0 aromatic rings. The largest absolute Gasteiger partial charge is 0.394 e. The Labute approximate surface area is 97.3 Å². The highest BCUT2D eigenvalue weighted by Gasteiger charge is 2.47. The van der Waals surface area contributed by atoms with Crippen LogP contribution in [0, 0.1) is 0 Å². The molecule has 0 saturated carbocycles. The van der Waals surface area contributed by atoms with Gasteiger partial charge in [0.05, 0.1) is 13.2 Å². The normalized spacial score (nSPS) is 42.2. The van der Waals surface area contributed by atoms with E-state index >= 15 is 0 Å². The Hall–Kier alpha value is -0.320. The van der Waals surface area contributed by atoms with Crippen LogP contribution in [0.1, 0.15) is 0 Å². The van der Waals surface area contributed by atoms with Crippen LogP contribution in [0.25, 0.3) is 0 Å². The maximum Gasteiger partial charge on any atom is 0.115 e. The molecule has 102 valence electrons. The molecule has 0 aliphatic carbocycles. The lowest BCUT2D eigenvalue weighted by molar-refractivity contribution is -0.258. The van der Waals surface area contributed by atoms with Crippen LogP contribution in [0.5, 0.6) is 0 Å². The fourth-order valence-electron chi connectivity index (χ4n) is 1.74. The molecular weight excluding hydrogens is 236 g/mol. The molecule has 0 amide bonds. The molecule has 0 aromatic carbocycles. The van der Waals surface area contributed by atoms with Crippen LogP contribution in [0.2, 0.25) is 0 Å². The topological polar surface area (TPSA) is 151 Å². The summed E-state index contributed by atoms with van der Waals surface area (Å²) in [5, 5.41) is 64.8. The Kier molecular flexibility index (Phi) is 5.22. The van der Waals surface area contributed by atoms with Crippen molar-refractivity contribution in [3.8, 4) is 0 Å². The molecule has 0 radical (unpaired) electrons. The highest BCUT2D eigenvalue weighted by atomic mass is 16.6. The predicted molar refractivity (Wildman–Crippen MR) is 52.9 cm³/mol. The van der Waals surface area contributed by atoms with Gasteiger partial charge in [-0.1, -0.05) is 0 Å². The SMILES string of the molecule is OCC(O)C(O)[C@@H]1O[C@H](CO)[C@H](O)[C@H](O)[C@H]1O. The monoisotopic (exact) mass is 254 g/mol. The maximum absolute atomic E-state index is 9.57. The summed E-state index contributed by atoms with van der Waals surface area (Å²) in [6, 6.07) is 0. The molecule has 8 nitrogen and oxygen atoms in total. The summed E-state index contributed by atoms with van der Waals surface area (Å²) < 4.78 is 4.98. The van der Waals surface area contributed by atoms with Crippen molar-refractivity contribution < 1.29 is 40.5 Å². The van der Waals surface area contributed by atoms with E-state index in [9.17, 15) is 25.5 Å². The van der Waals surface area contributed by atoms with Crippen LogP contribution < -0.4 is 0 Å². The smallest absolute Gasteiger partial charge is 0.115 e. The van der Waals surface area contributed by atoms with Gasteiger partial charge in [-0.15, -0.1) is 0 Å². The Bertz CT molecular complexity index is 231. The van der Waals surface area contributed by atoms with Crippen LogP contribution in [-0.4, -0.2) is 91.7 Å². The molecule has 1 fully saturated rings. The van der Waals surface area contributed by atoms with Gasteiger partial charge >= 0.3 is 0 Å². The molecule has 1 aliphatic rings. The van der Waals surface area contributed by atoms with Crippen LogP contribution in [-0.2, 0) is 4.74 Å². The maximum atomic E-state index is 9.57. The van der Waals surface area contributed by atoms with E-state index in [2.05, 4.69) is 0 Å². The highest BCUT2D eigenvalue weighted by Crippen LogP contribution is 2.24. The van der Waals surface area contributed by atoms with Crippen molar-refractivity contribution in [3.05, 3.63) is 0 Å². The summed E-state index contributed by atoms with van der Waals surface area (Å²) >= 11 is 0. The molecule has 1 saturated heterocycles. The summed E-state index contributed by atoms with van der Waals surface area (Å²) in [5.41, 5.74) is 0. The van der Waals surface area contributed by atoms with Gasteiger partial charge in [-0.3, -0.25) is 0 Å². The lowest BCUT2D eigenvalue weighted by Crippen LogP contribution is -2.63. The molecule has 0 bridgehead atoms. The van der Waals surface area contributed by atoms with Crippen molar-refractivity contribution in [3.63, 3.8) is 0 Å². The van der Waals surface area contributed by atoms with Crippen LogP contribution in [0.15, 0.2) is 0 Å². The number of ether oxygens (including phenoxy) is 1. The minimum absolute atomic E-state index is 0.622. The molecule has 1 rings (SSSR count). The first-order chi connectivity index (χ1) is 7.93. The number of rotatable bonds is 4. The second-order valence-electron chi connectivity index (χ2n) is 4.03. The predicted octanol–water partition coefficient (Wildman–Crippen LogP) is -4.46. The summed E-state index contributed by atoms with van der Waals surface area (Å²) in [7, 11) is 0. The van der Waals surface area contributed by atoms with Crippen molar-refractivity contribution in [1.82, 2.24) is 0 Å². The van der Waals surface area contributed by atoms with Crippen LogP contribution >= 0.6 is 0 Å². The quantitative estimate of drug-likeness (QED) is 0.265. The van der Waals surface area contributed by atoms with E-state index in [0.29, 0.717) is 0 Å². The average molecular weight is 254 g/mol. The van der Waals surface area contributed by atoms with Crippen molar-refractivity contribution >= 4 is 0 Å². The molecule has 1 aliphatic heterocycles. The number of aliphatic hydroxyl groups excluding tert-OH is 7. The molecular formula is C9H18O8. The summed E-state index contributed by atoms with van der Waals surface area (Å²) in [6.07, 6.45) is -10.5. The van der Waals surface area contributed by atoms with Gasteiger partial charge in [0.25, 0.3) is 0 Å². The summed E-state index contributed by atoms with van der Waals surface area (Å²) in [6.45, 7) is -1.38. The Balaban J connectivity index is 2.78. The summed E-state index contributed by atoms with van der Waals surface area (Å²) in [4.78, 5) is 0. The fourth-order valence-corrected chi connectivity index (χ4v) is 1.74. The van der Waals surface area contributed by atoms with Crippen molar-refractivity contribution in [1.29, 1.82) is 0 Å². The minimum atomic E-state index is -1.65. The second-order valence-corrected chi connectivity index (χ2v) is 4.03. The number of hydrogen-bond donors (Lipinski definition) is 7. The summed E-state index contributed by atoms with van der Waals surface area (Å²) in [5.74, 6) is 0. The zero-order valence-electron chi connectivity index (χ0n) is 8.99. The van der Waals surface area contributed by atoms with Crippen molar-refractivity contribution in [2.45, 2.75) is 42.7 Å². The molecule has 17 heavy (non-hydrogen) atoms. The lowest BCUT2D eigenvalue weighted by atomic mass is 9.91. The van der Waals surface area contributed by atoms with E-state index in [-0.39, 0.29) is 0 Å². The zero-order valence-corrected chi connectivity index (χ0v) is 8.99. The average Bonchev–Trinajstić information content (AvgIpc) is 2.34. The Morgan fingerprint density at radius 1 is 0.941 bits per heavy atom. The molecule has 8 heteroatoms. The molecule has 2 unspecified atom stereocenters.